The van der Waals surface area contributed by atoms with Crippen LogP contribution in [0.25, 0.3) is 0 Å². The monoisotopic (exact) mass is 404 g/mol. The van der Waals surface area contributed by atoms with Crippen molar-refractivity contribution in [3.63, 3.8) is 0 Å². The third-order valence-electron chi connectivity index (χ3n) is 4.28. The second kappa shape index (κ2) is 9.71. The zero-order chi connectivity index (χ0) is 20.7. The molecule has 1 amide bonds. The van der Waals surface area contributed by atoms with Gasteiger partial charge in [0.25, 0.3) is 0 Å². The van der Waals surface area contributed by atoms with Gasteiger partial charge in [-0.1, -0.05) is 23.8 Å². The molecule has 6 nitrogen and oxygen atoms in total. The Labute approximate surface area is 167 Å². The molecule has 0 unspecified atom stereocenters. The van der Waals surface area contributed by atoms with Crippen LogP contribution < -0.4 is 9.46 Å². The molecule has 0 spiro atoms. The van der Waals surface area contributed by atoms with Crippen LogP contribution in [0.4, 0.5) is 0 Å². The molecule has 2 aromatic carbocycles. The number of rotatable bonds is 9. The molecule has 1 N–H and O–H groups in total. The second-order valence-corrected chi connectivity index (χ2v) is 8.71. The number of ether oxygens (including phenoxy) is 1. The van der Waals surface area contributed by atoms with E-state index in [4.69, 9.17) is 4.74 Å². The first-order valence-corrected chi connectivity index (χ1v) is 10.7. The van der Waals surface area contributed by atoms with E-state index in [9.17, 15) is 13.2 Å². The normalized spacial score (nSPS) is 11.3. The van der Waals surface area contributed by atoms with Gasteiger partial charge in [0.1, 0.15) is 12.4 Å². The predicted octanol–water partition coefficient (Wildman–Crippen LogP) is 2.82. The summed E-state index contributed by atoms with van der Waals surface area (Å²) in [5.41, 5.74) is 3.24. The van der Waals surface area contributed by atoms with Gasteiger partial charge >= 0.3 is 0 Å². The van der Waals surface area contributed by atoms with Gasteiger partial charge in [-0.05, 0) is 56.2 Å². The Bertz CT molecular complexity index is 888. The molecule has 0 aliphatic carbocycles. The third-order valence-corrected chi connectivity index (χ3v) is 5.76. The molecule has 0 bridgehead atoms. The highest BCUT2D eigenvalue weighted by atomic mass is 32.2. The van der Waals surface area contributed by atoms with Gasteiger partial charge in [-0.15, -0.1) is 0 Å². The summed E-state index contributed by atoms with van der Waals surface area (Å²) < 4.78 is 32.6. The Hall–Kier alpha value is -2.38. The SMILES string of the molecule is Cc1ccc(S(=O)(=O)NCCC(=O)N(C)CCOc2cc(C)cc(C)c2)cc1. The van der Waals surface area contributed by atoms with Gasteiger partial charge in [-0.3, -0.25) is 4.79 Å². The molecule has 0 atom stereocenters. The van der Waals surface area contributed by atoms with Crippen LogP contribution in [0.3, 0.4) is 0 Å². The van der Waals surface area contributed by atoms with Gasteiger partial charge in [0.2, 0.25) is 15.9 Å². The number of nitrogens with zero attached hydrogens (tertiary/aromatic N) is 1. The number of nitrogens with one attached hydrogen (secondary N) is 1. The fraction of sp³-hybridized carbons (Fsp3) is 0.381. The molecule has 0 fully saturated rings. The van der Waals surface area contributed by atoms with Gasteiger partial charge in [-0.2, -0.15) is 0 Å². The average molecular weight is 405 g/mol. The Balaban J connectivity index is 1.75. The van der Waals surface area contributed by atoms with Gasteiger partial charge in [0.05, 0.1) is 11.4 Å². The van der Waals surface area contributed by atoms with Crippen molar-refractivity contribution in [3.05, 3.63) is 59.2 Å². The van der Waals surface area contributed by atoms with Crippen molar-refractivity contribution >= 4 is 15.9 Å². The summed E-state index contributed by atoms with van der Waals surface area (Å²) in [5, 5.41) is 0. The van der Waals surface area contributed by atoms with Crippen molar-refractivity contribution in [2.45, 2.75) is 32.1 Å². The highest BCUT2D eigenvalue weighted by Crippen LogP contribution is 2.16. The number of carbonyl (C=O) groups is 1. The first kappa shape index (κ1) is 21.9. The molecule has 0 aliphatic rings. The number of carbonyl (C=O) groups excluding carboxylic acids is 1. The zero-order valence-electron chi connectivity index (χ0n) is 16.9. The summed E-state index contributed by atoms with van der Waals surface area (Å²) >= 11 is 0. The highest BCUT2D eigenvalue weighted by Gasteiger charge is 2.15. The molecule has 0 aromatic heterocycles. The quantitative estimate of drug-likeness (QED) is 0.697. The van der Waals surface area contributed by atoms with Crippen LogP contribution in [-0.4, -0.2) is 46.0 Å². The number of aryl methyl sites for hydroxylation is 3. The summed E-state index contributed by atoms with van der Waals surface area (Å²) in [6.45, 7) is 6.76. The largest absolute Gasteiger partial charge is 0.492 e. The maximum atomic E-state index is 12.2. The lowest BCUT2D eigenvalue weighted by Crippen LogP contribution is -2.34. The molecule has 2 aromatic rings. The van der Waals surface area contributed by atoms with Crippen molar-refractivity contribution in [2.75, 3.05) is 26.7 Å². The first-order chi connectivity index (χ1) is 13.2. The molecule has 0 saturated carbocycles. The fourth-order valence-electron chi connectivity index (χ4n) is 2.73. The minimum absolute atomic E-state index is 0.0529. The van der Waals surface area contributed by atoms with E-state index in [0.29, 0.717) is 13.2 Å². The smallest absolute Gasteiger partial charge is 0.240 e. The standard InChI is InChI=1S/C21H28N2O4S/c1-16-5-7-20(8-6-16)28(25,26)22-10-9-21(24)23(4)11-12-27-19-14-17(2)13-18(3)15-19/h5-8,13-15,22H,9-12H2,1-4H3. The van der Waals surface area contributed by atoms with E-state index in [0.717, 1.165) is 22.4 Å². The maximum absolute atomic E-state index is 12.2. The van der Waals surface area contributed by atoms with E-state index in [2.05, 4.69) is 10.8 Å². The third kappa shape index (κ3) is 6.65. The molecular weight excluding hydrogens is 376 g/mol. The topological polar surface area (TPSA) is 75.7 Å². The van der Waals surface area contributed by atoms with Gasteiger partial charge < -0.3 is 9.64 Å². The molecule has 7 heteroatoms. The lowest BCUT2D eigenvalue weighted by Gasteiger charge is -2.18. The molecule has 0 saturated heterocycles. The van der Waals surface area contributed by atoms with Crippen LogP contribution >= 0.6 is 0 Å². The molecule has 152 valence electrons. The molecule has 2 rings (SSSR count). The highest BCUT2D eigenvalue weighted by molar-refractivity contribution is 7.89. The number of benzene rings is 2. The van der Waals surface area contributed by atoms with Crippen molar-refractivity contribution in [1.82, 2.24) is 9.62 Å². The number of likely N-dealkylation sites (N-methyl/N-ethyl adjacent to an activating group) is 1. The number of amides is 1. The summed E-state index contributed by atoms with van der Waals surface area (Å²) in [5.74, 6) is 0.639. The predicted molar refractivity (Wildman–Crippen MR) is 110 cm³/mol. The van der Waals surface area contributed by atoms with E-state index in [1.54, 1.807) is 36.2 Å². The lowest BCUT2D eigenvalue weighted by atomic mass is 10.1. The zero-order valence-corrected chi connectivity index (χ0v) is 17.7. The molecule has 28 heavy (non-hydrogen) atoms. The van der Waals surface area contributed by atoms with Crippen molar-refractivity contribution in [3.8, 4) is 5.75 Å². The van der Waals surface area contributed by atoms with E-state index in [-0.39, 0.29) is 23.8 Å². The Morgan fingerprint density at radius 1 is 1.00 bits per heavy atom. The van der Waals surface area contributed by atoms with Crippen LogP contribution in [-0.2, 0) is 14.8 Å². The van der Waals surface area contributed by atoms with E-state index in [1.165, 1.54) is 0 Å². The Kier molecular flexibility index (Phi) is 7.60. The van der Waals surface area contributed by atoms with Gasteiger partial charge in [-0.25, -0.2) is 13.1 Å². The minimum atomic E-state index is -3.61. The molecular formula is C21H28N2O4S. The van der Waals surface area contributed by atoms with Crippen molar-refractivity contribution < 1.29 is 17.9 Å². The summed E-state index contributed by atoms with van der Waals surface area (Å²) in [7, 11) is -1.92. The Morgan fingerprint density at radius 3 is 2.21 bits per heavy atom. The first-order valence-electron chi connectivity index (χ1n) is 9.19. The van der Waals surface area contributed by atoms with Crippen LogP contribution in [0.2, 0.25) is 0 Å². The molecule has 0 radical (unpaired) electrons. The van der Waals surface area contributed by atoms with E-state index in [1.807, 2.05) is 32.9 Å². The average Bonchev–Trinajstić information content (AvgIpc) is 2.61. The molecule has 0 heterocycles. The number of sulfonamides is 1. The van der Waals surface area contributed by atoms with Crippen LogP contribution in [0.15, 0.2) is 47.4 Å². The van der Waals surface area contributed by atoms with Gasteiger partial charge in [0.15, 0.2) is 0 Å². The van der Waals surface area contributed by atoms with E-state index >= 15 is 0 Å². The van der Waals surface area contributed by atoms with Crippen LogP contribution in [0.5, 0.6) is 5.75 Å². The van der Waals surface area contributed by atoms with Crippen LogP contribution in [0.1, 0.15) is 23.1 Å². The summed E-state index contributed by atoms with van der Waals surface area (Å²) in [6, 6.07) is 12.6. The second-order valence-electron chi connectivity index (χ2n) is 6.95. The van der Waals surface area contributed by atoms with Gasteiger partial charge in [0, 0.05) is 20.0 Å². The summed E-state index contributed by atoms with van der Waals surface area (Å²) in [6.07, 6.45) is 0.0884. The Morgan fingerprint density at radius 2 is 1.61 bits per heavy atom. The van der Waals surface area contributed by atoms with Crippen molar-refractivity contribution in [1.29, 1.82) is 0 Å². The lowest BCUT2D eigenvalue weighted by molar-refractivity contribution is -0.130. The van der Waals surface area contributed by atoms with Crippen LogP contribution in [0, 0.1) is 20.8 Å². The maximum Gasteiger partial charge on any atom is 0.240 e. The van der Waals surface area contributed by atoms with Crippen molar-refractivity contribution in [2.24, 2.45) is 0 Å². The van der Waals surface area contributed by atoms with E-state index < -0.39 is 10.0 Å². The molecule has 0 aliphatic heterocycles. The minimum Gasteiger partial charge on any atom is -0.492 e. The summed E-state index contributed by atoms with van der Waals surface area (Å²) in [4.78, 5) is 13.9. The fourth-order valence-corrected chi connectivity index (χ4v) is 3.76. The number of hydrogen-bond donors (Lipinski definition) is 1. The number of hydrogen-bond acceptors (Lipinski definition) is 4.